The van der Waals surface area contributed by atoms with Crippen molar-refractivity contribution in [3.63, 3.8) is 0 Å². The van der Waals surface area contributed by atoms with E-state index in [1.807, 2.05) is 48.5 Å². The molecular weight excluding hydrogens is 659 g/mol. The molecular formula is C49H31N5. The zero-order valence-corrected chi connectivity index (χ0v) is 29.1. The van der Waals surface area contributed by atoms with Gasteiger partial charge in [0.1, 0.15) is 5.69 Å². The lowest BCUT2D eigenvalue weighted by Crippen LogP contribution is -1.98. The number of rotatable bonds is 6. The van der Waals surface area contributed by atoms with Crippen molar-refractivity contribution in [1.29, 1.82) is 0 Å². The lowest BCUT2D eigenvalue weighted by atomic mass is 9.91. The van der Waals surface area contributed by atoms with Crippen LogP contribution in [0.5, 0.6) is 0 Å². The number of hydrogen-bond acceptors (Lipinski definition) is 5. The molecule has 6 aromatic carbocycles. The van der Waals surface area contributed by atoms with Crippen LogP contribution < -0.4 is 0 Å². The van der Waals surface area contributed by atoms with Crippen molar-refractivity contribution in [1.82, 2.24) is 24.9 Å². The molecule has 10 aromatic rings. The first-order chi connectivity index (χ1) is 26.8. The molecule has 0 amide bonds. The summed E-state index contributed by atoms with van der Waals surface area (Å²) in [6.45, 7) is 0. The van der Waals surface area contributed by atoms with Crippen LogP contribution in [0.1, 0.15) is 0 Å². The highest BCUT2D eigenvalue weighted by molar-refractivity contribution is 6.14. The second kappa shape index (κ2) is 13.3. The van der Waals surface area contributed by atoms with Crippen LogP contribution in [0.4, 0.5) is 0 Å². The van der Waals surface area contributed by atoms with Crippen LogP contribution in [0.2, 0.25) is 0 Å². The summed E-state index contributed by atoms with van der Waals surface area (Å²) in [5, 5.41) is 5.81. The first-order valence-corrected chi connectivity index (χ1v) is 18.0. The van der Waals surface area contributed by atoms with Gasteiger partial charge in [0.15, 0.2) is 5.82 Å². The van der Waals surface area contributed by atoms with E-state index in [4.69, 9.17) is 15.0 Å². The molecule has 252 valence electrons. The Morgan fingerprint density at radius 3 is 1.67 bits per heavy atom. The molecule has 0 N–H and O–H groups in total. The van der Waals surface area contributed by atoms with Gasteiger partial charge in [-0.1, -0.05) is 133 Å². The highest BCUT2D eigenvalue weighted by atomic mass is 14.9. The molecule has 0 bridgehead atoms. The van der Waals surface area contributed by atoms with Crippen LogP contribution in [-0.4, -0.2) is 24.9 Å². The molecule has 0 fully saturated rings. The van der Waals surface area contributed by atoms with E-state index in [-0.39, 0.29) is 0 Å². The normalized spacial score (nSPS) is 11.3. The third-order valence-electron chi connectivity index (χ3n) is 10.0. The van der Waals surface area contributed by atoms with E-state index in [2.05, 4.69) is 137 Å². The third-order valence-corrected chi connectivity index (χ3v) is 10.0. The Hall–Kier alpha value is -7.37. The number of aromatic nitrogens is 5. The quantitative estimate of drug-likeness (QED) is 0.163. The molecule has 0 aliphatic heterocycles. The summed E-state index contributed by atoms with van der Waals surface area (Å²) >= 11 is 0. The Kier molecular flexibility index (Phi) is 7.73. The second-order valence-corrected chi connectivity index (χ2v) is 13.3. The maximum atomic E-state index is 5.14. The fraction of sp³-hybridized carbons (Fsp3) is 0. The highest BCUT2D eigenvalue weighted by Gasteiger charge is 2.17. The first-order valence-electron chi connectivity index (χ1n) is 18.0. The Morgan fingerprint density at radius 1 is 0.315 bits per heavy atom. The molecule has 5 heteroatoms. The zero-order valence-electron chi connectivity index (χ0n) is 29.1. The zero-order chi connectivity index (χ0) is 35.8. The minimum Gasteiger partial charge on any atom is -0.255 e. The largest absolute Gasteiger partial charge is 0.255 e. The monoisotopic (exact) mass is 689 g/mol. The molecule has 0 aliphatic carbocycles. The molecule has 0 spiro atoms. The highest BCUT2D eigenvalue weighted by Crippen LogP contribution is 2.40. The van der Waals surface area contributed by atoms with Gasteiger partial charge >= 0.3 is 0 Å². The van der Waals surface area contributed by atoms with E-state index in [0.717, 1.165) is 72.3 Å². The van der Waals surface area contributed by atoms with Crippen LogP contribution >= 0.6 is 0 Å². The van der Waals surface area contributed by atoms with Gasteiger partial charge in [0.2, 0.25) is 0 Å². The van der Waals surface area contributed by atoms with Crippen molar-refractivity contribution < 1.29 is 0 Å². The maximum absolute atomic E-state index is 5.14. The number of benzene rings is 6. The summed E-state index contributed by atoms with van der Waals surface area (Å²) in [5.41, 5.74) is 11.7. The Labute approximate surface area is 312 Å². The summed E-state index contributed by atoms with van der Waals surface area (Å²) in [6, 6.07) is 61.1. The summed E-state index contributed by atoms with van der Waals surface area (Å²) in [7, 11) is 0. The van der Waals surface area contributed by atoms with Crippen molar-refractivity contribution in [3.05, 3.63) is 188 Å². The summed E-state index contributed by atoms with van der Waals surface area (Å²) < 4.78 is 0. The molecule has 0 saturated carbocycles. The van der Waals surface area contributed by atoms with Crippen molar-refractivity contribution in [2.45, 2.75) is 0 Å². The molecule has 4 heterocycles. The van der Waals surface area contributed by atoms with Gasteiger partial charge in [-0.05, 0) is 86.3 Å². The molecule has 0 radical (unpaired) electrons. The van der Waals surface area contributed by atoms with Crippen LogP contribution in [0.15, 0.2) is 188 Å². The third kappa shape index (κ3) is 5.65. The summed E-state index contributed by atoms with van der Waals surface area (Å²) in [4.78, 5) is 24.3. The Morgan fingerprint density at radius 2 is 0.926 bits per heavy atom. The van der Waals surface area contributed by atoms with Crippen molar-refractivity contribution in [3.8, 4) is 67.7 Å². The van der Waals surface area contributed by atoms with Crippen molar-refractivity contribution in [2.24, 2.45) is 0 Å². The van der Waals surface area contributed by atoms with Crippen LogP contribution in [0, 0.1) is 0 Å². The van der Waals surface area contributed by atoms with E-state index in [0.29, 0.717) is 11.5 Å². The molecule has 10 rings (SSSR count). The molecule has 4 aromatic heterocycles. The van der Waals surface area contributed by atoms with Gasteiger partial charge in [-0.2, -0.15) is 0 Å². The van der Waals surface area contributed by atoms with Crippen molar-refractivity contribution in [2.75, 3.05) is 0 Å². The number of fused-ring (bicyclic) bond motifs is 4. The molecule has 0 unspecified atom stereocenters. The average molecular weight is 690 g/mol. The molecule has 54 heavy (non-hydrogen) atoms. The van der Waals surface area contributed by atoms with Crippen molar-refractivity contribution >= 4 is 32.4 Å². The fourth-order valence-electron chi connectivity index (χ4n) is 7.44. The van der Waals surface area contributed by atoms with Gasteiger partial charge in [-0.3, -0.25) is 9.97 Å². The Balaban J connectivity index is 1.10. The van der Waals surface area contributed by atoms with E-state index in [1.165, 1.54) is 16.3 Å². The van der Waals surface area contributed by atoms with E-state index < -0.39 is 0 Å². The second-order valence-electron chi connectivity index (χ2n) is 13.3. The fourth-order valence-corrected chi connectivity index (χ4v) is 7.44. The van der Waals surface area contributed by atoms with E-state index >= 15 is 0 Å². The summed E-state index contributed by atoms with van der Waals surface area (Å²) in [6.07, 6.45) is 3.55. The molecule has 5 nitrogen and oxygen atoms in total. The average Bonchev–Trinajstić information content (AvgIpc) is 3.26. The smallest absolute Gasteiger partial charge is 0.179 e. The molecule has 0 atom stereocenters. The minimum atomic E-state index is 0.560. The lowest BCUT2D eigenvalue weighted by Gasteiger charge is -2.15. The maximum Gasteiger partial charge on any atom is 0.179 e. The molecule has 0 saturated heterocycles. The predicted molar refractivity (Wildman–Crippen MR) is 221 cm³/mol. The van der Waals surface area contributed by atoms with Crippen LogP contribution in [0.3, 0.4) is 0 Å². The van der Waals surface area contributed by atoms with Gasteiger partial charge in [-0.25, -0.2) is 15.0 Å². The standard InChI is InChI=1S/C49H31N5/c1-2-13-35(14-3-1)45-30-41(48-37-15-5-4-12-32(37)24-27-43(48)52-45)34-22-20-33(21-23-34)36-25-26-40(39-17-7-6-16-38(36)39)46-31-47(42-18-8-10-28-50-42)54-49(53-46)44-19-9-11-29-51-44/h1-31H. The predicted octanol–water partition coefficient (Wildman–Crippen LogP) is 12.1. The van der Waals surface area contributed by atoms with Gasteiger partial charge in [0, 0.05) is 28.9 Å². The number of hydrogen-bond donors (Lipinski definition) is 0. The first kappa shape index (κ1) is 31.4. The minimum absolute atomic E-state index is 0.560. The SMILES string of the molecule is c1ccc(-c2cc(-c3ccc(-c4ccc(-c5cc(-c6ccccn6)nc(-c6ccccn6)n5)c5ccccc45)cc3)c3c(ccc4ccccc43)n2)cc1. The van der Waals surface area contributed by atoms with E-state index in [9.17, 15) is 0 Å². The van der Waals surface area contributed by atoms with Gasteiger partial charge in [-0.15, -0.1) is 0 Å². The molecule has 0 aliphatic rings. The summed E-state index contributed by atoms with van der Waals surface area (Å²) in [5.74, 6) is 0.560. The number of nitrogens with zero attached hydrogens (tertiary/aromatic N) is 5. The topological polar surface area (TPSA) is 64.5 Å². The Bertz CT molecular complexity index is 2910. The van der Waals surface area contributed by atoms with Gasteiger partial charge in [0.05, 0.1) is 28.3 Å². The number of pyridine rings is 3. The van der Waals surface area contributed by atoms with Gasteiger partial charge in [0.25, 0.3) is 0 Å². The van der Waals surface area contributed by atoms with E-state index in [1.54, 1.807) is 12.4 Å². The van der Waals surface area contributed by atoms with Gasteiger partial charge < -0.3 is 0 Å². The van der Waals surface area contributed by atoms with Crippen LogP contribution in [0.25, 0.3) is 100 Å². The lowest BCUT2D eigenvalue weighted by molar-refractivity contribution is 1.13. The van der Waals surface area contributed by atoms with Crippen LogP contribution in [-0.2, 0) is 0 Å².